The quantitative estimate of drug-likeness (QED) is 0.697. The third-order valence-corrected chi connectivity index (χ3v) is 3.27. The van der Waals surface area contributed by atoms with Gasteiger partial charge in [-0.2, -0.15) is 0 Å². The number of hydrogen-bond acceptors (Lipinski definition) is 3. The average Bonchev–Trinajstić information content (AvgIpc) is 2.99. The normalized spacial score (nSPS) is 10.6. The lowest BCUT2D eigenvalue weighted by Crippen LogP contribution is -2.10. The van der Waals surface area contributed by atoms with E-state index in [-0.39, 0.29) is 22.1 Å². The molecule has 0 saturated carbocycles. The largest absolute Gasteiger partial charge is 0.287 e. The Hall–Kier alpha value is -2.53. The van der Waals surface area contributed by atoms with Crippen LogP contribution >= 0.6 is 11.6 Å². The Kier molecular flexibility index (Phi) is 3.50. The molecule has 4 nitrogen and oxygen atoms in total. The highest BCUT2D eigenvalue weighted by Gasteiger charge is 2.17. The zero-order chi connectivity index (χ0) is 14.8. The summed E-state index contributed by atoms with van der Waals surface area (Å²) in [4.78, 5) is 12.5. The number of benzene rings is 2. The van der Waals surface area contributed by atoms with Gasteiger partial charge in [-0.05, 0) is 30.3 Å². The summed E-state index contributed by atoms with van der Waals surface area (Å²) in [6.07, 6.45) is 1.35. The summed E-state index contributed by atoms with van der Waals surface area (Å²) in [5.74, 6) is -1.01. The Balaban J connectivity index is 2.03. The Morgan fingerprint density at radius 3 is 2.62 bits per heavy atom. The third kappa shape index (κ3) is 2.55. The predicted molar refractivity (Wildman–Crippen MR) is 76.2 cm³/mol. The Labute approximate surface area is 124 Å². The second-order valence-electron chi connectivity index (χ2n) is 4.32. The third-order valence-electron chi connectivity index (χ3n) is 2.96. The van der Waals surface area contributed by atoms with E-state index in [4.69, 9.17) is 11.6 Å². The Bertz CT molecular complexity index is 802. The van der Waals surface area contributed by atoms with E-state index in [1.807, 2.05) is 18.2 Å². The molecule has 0 radical (unpaired) electrons. The predicted octanol–water partition coefficient (Wildman–Crippen LogP) is 3.29. The molecule has 0 N–H and O–H groups in total. The smallest absolute Gasteiger partial charge is 0.213 e. The van der Waals surface area contributed by atoms with Crippen LogP contribution in [-0.4, -0.2) is 20.8 Å². The molecule has 6 heteroatoms. The molecule has 0 amide bonds. The second kappa shape index (κ2) is 5.46. The molecule has 3 aromatic rings. The minimum absolute atomic E-state index is 0.0266. The second-order valence-corrected chi connectivity index (χ2v) is 4.73. The molecule has 1 aromatic heterocycles. The first-order valence-corrected chi connectivity index (χ1v) is 6.50. The maximum Gasteiger partial charge on any atom is 0.213 e. The zero-order valence-electron chi connectivity index (χ0n) is 10.7. The summed E-state index contributed by atoms with van der Waals surface area (Å²) in [5.41, 5.74) is 1.15. The molecule has 0 aliphatic rings. The highest BCUT2D eigenvalue weighted by atomic mass is 35.5. The molecule has 0 atom stereocenters. The van der Waals surface area contributed by atoms with Gasteiger partial charge in [-0.1, -0.05) is 35.0 Å². The van der Waals surface area contributed by atoms with Crippen molar-refractivity contribution in [2.24, 2.45) is 0 Å². The van der Waals surface area contributed by atoms with Crippen molar-refractivity contribution in [1.82, 2.24) is 15.0 Å². The van der Waals surface area contributed by atoms with Gasteiger partial charge in [0.2, 0.25) is 5.78 Å². The van der Waals surface area contributed by atoms with Gasteiger partial charge in [0.25, 0.3) is 0 Å². The van der Waals surface area contributed by atoms with Gasteiger partial charge < -0.3 is 0 Å². The molecule has 1 heterocycles. The fraction of sp³-hybridized carbons (Fsp3) is 0. The van der Waals surface area contributed by atoms with Crippen LogP contribution in [0.3, 0.4) is 0 Å². The van der Waals surface area contributed by atoms with Crippen molar-refractivity contribution in [3.8, 4) is 5.69 Å². The molecule has 3 rings (SSSR count). The molecule has 0 aliphatic heterocycles. The van der Waals surface area contributed by atoms with Gasteiger partial charge in [-0.15, -0.1) is 5.10 Å². The van der Waals surface area contributed by atoms with Crippen molar-refractivity contribution in [2.75, 3.05) is 0 Å². The molecular weight excluding hydrogens is 293 g/mol. The van der Waals surface area contributed by atoms with Crippen LogP contribution in [0.1, 0.15) is 16.1 Å². The summed E-state index contributed by atoms with van der Waals surface area (Å²) in [5, 5.41) is 7.63. The summed E-state index contributed by atoms with van der Waals surface area (Å²) < 4.78 is 14.9. The van der Waals surface area contributed by atoms with Crippen molar-refractivity contribution < 1.29 is 9.18 Å². The van der Waals surface area contributed by atoms with Gasteiger partial charge in [0.05, 0.1) is 16.9 Å². The van der Waals surface area contributed by atoms with Crippen molar-refractivity contribution >= 4 is 17.4 Å². The van der Waals surface area contributed by atoms with E-state index in [1.165, 1.54) is 23.0 Å². The maximum atomic E-state index is 13.5. The highest BCUT2D eigenvalue weighted by molar-refractivity contribution is 6.30. The number of carbonyl (C=O) groups excluding carboxylic acids is 1. The van der Waals surface area contributed by atoms with Gasteiger partial charge in [0.1, 0.15) is 11.5 Å². The molecule has 0 unspecified atom stereocenters. The van der Waals surface area contributed by atoms with Crippen LogP contribution in [0.4, 0.5) is 4.39 Å². The first kappa shape index (κ1) is 13.5. The topological polar surface area (TPSA) is 47.8 Å². The molecule has 0 bridgehead atoms. The number of aromatic nitrogens is 3. The number of para-hydroxylation sites is 1. The number of halogens is 2. The lowest BCUT2D eigenvalue weighted by atomic mass is 10.1. The van der Waals surface area contributed by atoms with Gasteiger partial charge >= 0.3 is 0 Å². The van der Waals surface area contributed by atoms with Crippen molar-refractivity contribution in [3.05, 3.63) is 76.8 Å². The van der Waals surface area contributed by atoms with Crippen LogP contribution in [0.2, 0.25) is 5.02 Å². The fourth-order valence-corrected chi connectivity index (χ4v) is 2.05. The maximum absolute atomic E-state index is 13.5. The average molecular weight is 302 g/mol. The van der Waals surface area contributed by atoms with Crippen LogP contribution in [-0.2, 0) is 0 Å². The van der Waals surface area contributed by atoms with E-state index < -0.39 is 5.82 Å². The zero-order valence-corrected chi connectivity index (χ0v) is 11.5. The molecule has 0 saturated heterocycles. The summed E-state index contributed by atoms with van der Waals surface area (Å²) in [7, 11) is 0. The SMILES string of the molecule is O=C(c1ccc(Cl)c(F)c1)c1cnnn1-c1ccccc1. The van der Waals surface area contributed by atoms with E-state index in [0.29, 0.717) is 5.69 Å². The first-order chi connectivity index (χ1) is 10.2. The molecule has 0 aliphatic carbocycles. The number of nitrogens with zero attached hydrogens (tertiary/aromatic N) is 3. The van der Waals surface area contributed by atoms with Crippen molar-refractivity contribution in [3.63, 3.8) is 0 Å². The van der Waals surface area contributed by atoms with Crippen molar-refractivity contribution in [1.29, 1.82) is 0 Å². The van der Waals surface area contributed by atoms with Gasteiger partial charge in [-0.3, -0.25) is 4.79 Å². The molecule has 104 valence electrons. The van der Waals surface area contributed by atoms with Gasteiger partial charge in [0, 0.05) is 5.56 Å². The van der Waals surface area contributed by atoms with E-state index in [0.717, 1.165) is 6.07 Å². The van der Waals surface area contributed by atoms with E-state index in [9.17, 15) is 9.18 Å². The van der Waals surface area contributed by atoms with Crippen LogP contribution in [0.5, 0.6) is 0 Å². The van der Waals surface area contributed by atoms with Crippen LogP contribution in [0, 0.1) is 5.82 Å². The lowest BCUT2D eigenvalue weighted by Gasteiger charge is -2.05. The molecule has 0 fully saturated rings. The minimum atomic E-state index is -0.638. The molecular formula is C15H9ClFN3O. The van der Waals surface area contributed by atoms with Crippen LogP contribution in [0.15, 0.2) is 54.7 Å². The first-order valence-electron chi connectivity index (χ1n) is 6.12. The monoisotopic (exact) mass is 301 g/mol. The standard InChI is InChI=1S/C15H9ClFN3O/c16-12-7-6-10(8-13(12)17)15(21)14-9-18-19-20(14)11-4-2-1-3-5-11/h1-9H. The van der Waals surface area contributed by atoms with Gasteiger partial charge in [0.15, 0.2) is 0 Å². The molecule has 0 spiro atoms. The van der Waals surface area contributed by atoms with Crippen molar-refractivity contribution in [2.45, 2.75) is 0 Å². The van der Waals surface area contributed by atoms with Crippen LogP contribution < -0.4 is 0 Å². The van der Waals surface area contributed by atoms with E-state index in [2.05, 4.69) is 10.3 Å². The number of carbonyl (C=O) groups is 1. The highest BCUT2D eigenvalue weighted by Crippen LogP contribution is 2.19. The number of rotatable bonds is 3. The number of hydrogen-bond donors (Lipinski definition) is 0. The minimum Gasteiger partial charge on any atom is -0.287 e. The fourth-order valence-electron chi connectivity index (χ4n) is 1.94. The molecule has 2 aromatic carbocycles. The summed E-state index contributed by atoms with van der Waals surface area (Å²) >= 11 is 5.62. The number of ketones is 1. The van der Waals surface area contributed by atoms with Crippen LogP contribution in [0.25, 0.3) is 5.69 Å². The van der Waals surface area contributed by atoms with E-state index in [1.54, 1.807) is 12.1 Å². The Morgan fingerprint density at radius 2 is 1.90 bits per heavy atom. The molecule has 21 heavy (non-hydrogen) atoms. The summed E-state index contributed by atoms with van der Waals surface area (Å²) in [6, 6.07) is 13.0. The Morgan fingerprint density at radius 1 is 1.14 bits per heavy atom. The lowest BCUT2D eigenvalue weighted by molar-refractivity contribution is 0.103. The summed E-state index contributed by atoms with van der Waals surface area (Å²) in [6.45, 7) is 0. The van der Waals surface area contributed by atoms with Gasteiger partial charge in [-0.25, -0.2) is 9.07 Å². The van der Waals surface area contributed by atoms with E-state index >= 15 is 0 Å².